The van der Waals surface area contributed by atoms with Gasteiger partial charge in [0.15, 0.2) is 11.7 Å². The molecule has 1 aromatic rings. The minimum atomic E-state index is -4.42. The smallest absolute Gasteiger partial charge is 0.396 e. The Kier molecular flexibility index (Phi) is 11.7. The first-order chi connectivity index (χ1) is 11.8. The number of guanidine groups is 1. The molecular formula is C16H28F3IN4OS. The molecule has 10 heteroatoms. The van der Waals surface area contributed by atoms with E-state index in [1.807, 2.05) is 6.92 Å². The van der Waals surface area contributed by atoms with Gasteiger partial charge in [0, 0.05) is 25.1 Å². The molecule has 0 amide bonds. The van der Waals surface area contributed by atoms with Gasteiger partial charge in [-0.1, -0.05) is 13.8 Å². The fourth-order valence-corrected chi connectivity index (χ4v) is 3.18. The maximum Gasteiger partial charge on any atom is 0.434 e. The molecule has 1 aromatic heterocycles. The zero-order valence-corrected chi connectivity index (χ0v) is 18.5. The van der Waals surface area contributed by atoms with Crippen LogP contribution in [-0.2, 0) is 12.7 Å². The monoisotopic (exact) mass is 508 g/mol. The van der Waals surface area contributed by atoms with Gasteiger partial charge in [-0.15, -0.1) is 35.3 Å². The number of aliphatic imine (C=N–C) groups is 1. The van der Waals surface area contributed by atoms with Crippen molar-refractivity contribution < 1.29 is 18.3 Å². The lowest BCUT2D eigenvalue weighted by Crippen LogP contribution is -2.43. The second-order valence-corrected chi connectivity index (χ2v) is 6.80. The van der Waals surface area contributed by atoms with Gasteiger partial charge >= 0.3 is 6.18 Å². The van der Waals surface area contributed by atoms with E-state index >= 15 is 0 Å². The second-order valence-electron chi connectivity index (χ2n) is 5.85. The lowest BCUT2D eigenvalue weighted by Gasteiger charge is -2.32. The molecule has 0 saturated heterocycles. The van der Waals surface area contributed by atoms with Crippen LogP contribution < -0.4 is 10.6 Å². The highest BCUT2D eigenvalue weighted by atomic mass is 127. The molecule has 5 nitrogen and oxygen atoms in total. The molecule has 0 aliphatic rings. The van der Waals surface area contributed by atoms with E-state index in [9.17, 15) is 18.3 Å². The number of nitrogens with zero attached hydrogens (tertiary/aromatic N) is 2. The Morgan fingerprint density at radius 2 is 1.88 bits per heavy atom. The van der Waals surface area contributed by atoms with E-state index in [0.29, 0.717) is 30.5 Å². The van der Waals surface area contributed by atoms with E-state index in [-0.39, 0.29) is 42.5 Å². The summed E-state index contributed by atoms with van der Waals surface area (Å²) >= 11 is 0.950. The molecule has 26 heavy (non-hydrogen) atoms. The van der Waals surface area contributed by atoms with E-state index < -0.39 is 11.9 Å². The van der Waals surface area contributed by atoms with Crippen LogP contribution in [0.15, 0.2) is 10.4 Å². The van der Waals surface area contributed by atoms with E-state index in [4.69, 9.17) is 0 Å². The number of nitrogens with one attached hydrogen (secondary N) is 2. The number of hydrogen-bond donors (Lipinski definition) is 3. The Balaban J connectivity index is 0.00000625. The van der Waals surface area contributed by atoms with Gasteiger partial charge in [-0.2, -0.15) is 13.2 Å². The van der Waals surface area contributed by atoms with Crippen molar-refractivity contribution in [3.63, 3.8) is 0 Å². The van der Waals surface area contributed by atoms with Crippen LogP contribution in [0.4, 0.5) is 13.2 Å². The number of alkyl halides is 3. The normalized spacial score (nSPS) is 12.7. The van der Waals surface area contributed by atoms with Gasteiger partial charge in [0.1, 0.15) is 5.01 Å². The first kappa shape index (κ1) is 25.4. The van der Waals surface area contributed by atoms with Crippen LogP contribution in [-0.4, -0.2) is 35.7 Å². The predicted octanol–water partition coefficient (Wildman–Crippen LogP) is 4.02. The molecule has 3 N–H and O–H groups in total. The van der Waals surface area contributed by atoms with Crippen molar-refractivity contribution in [2.75, 3.05) is 19.7 Å². The van der Waals surface area contributed by atoms with Crippen molar-refractivity contribution >= 4 is 41.3 Å². The average molecular weight is 508 g/mol. The minimum absolute atomic E-state index is 0. The first-order valence-electron chi connectivity index (χ1n) is 8.44. The number of thiazole rings is 1. The summed E-state index contributed by atoms with van der Waals surface area (Å²) in [6.45, 7) is 7.57. The average Bonchev–Trinajstić information content (AvgIpc) is 3.05. The quantitative estimate of drug-likeness (QED) is 0.268. The zero-order valence-electron chi connectivity index (χ0n) is 15.3. The summed E-state index contributed by atoms with van der Waals surface area (Å²) in [6.07, 6.45) is -1.91. The summed E-state index contributed by atoms with van der Waals surface area (Å²) in [5.74, 6) is 0.537. The highest BCUT2D eigenvalue weighted by molar-refractivity contribution is 14.0. The van der Waals surface area contributed by atoms with Crippen molar-refractivity contribution in [1.82, 2.24) is 15.6 Å². The fourth-order valence-electron chi connectivity index (χ4n) is 2.45. The summed E-state index contributed by atoms with van der Waals surface area (Å²) < 4.78 is 37.8. The van der Waals surface area contributed by atoms with Crippen LogP contribution >= 0.6 is 35.3 Å². The van der Waals surface area contributed by atoms with Crippen LogP contribution in [0.2, 0.25) is 0 Å². The SMILES string of the molecule is CCNC(=NCc1nc(C(F)(F)F)cs1)NCC(CC)(CC)CCO.I. The van der Waals surface area contributed by atoms with Crippen LogP contribution in [0.1, 0.15) is 50.7 Å². The molecule has 0 aliphatic carbocycles. The number of halogens is 4. The maximum atomic E-state index is 12.6. The molecule has 0 atom stereocenters. The summed E-state index contributed by atoms with van der Waals surface area (Å²) in [4.78, 5) is 7.91. The third-order valence-electron chi connectivity index (χ3n) is 4.33. The van der Waals surface area contributed by atoms with Gasteiger partial charge in [-0.25, -0.2) is 9.98 Å². The Hall–Kier alpha value is -0.620. The summed E-state index contributed by atoms with van der Waals surface area (Å²) in [5.41, 5.74) is -0.908. The standard InChI is InChI=1S/C16H27F3N4OS.HI/c1-4-15(5-2,7-8-24)11-22-14(20-6-3)21-9-13-23-12(10-25-13)16(17,18)19;/h10,24H,4-9,11H2,1-3H3,(H2,20,21,22);1H. The maximum absolute atomic E-state index is 12.6. The van der Waals surface area contributed by atoms with Gasteiger partial charge < -0.3 is 15.7 Å². The number of rotatable bonds is 9. The van der Waals surface area contributed by atoms with Gasteiger partial charge in [0.05, 0.1) is 6.54 Å². The van der Waals surface area contributed by atoms with Gasteiger partial charge in [-0.05, 0) is 31.6 Å². The molecule has 0 radical (unpaired) electrons. The molecule has 1 heterocycles. The largest absolute Gasteiger partial charge is 0.434 e. The van der Waals surface area contributed by atoms with Gasteiger partial charge in [-0.3, -0.25) is 0 Å². The highest BCUT2D eigenvalue weighted by Gasteiger charge is 2.33. The first-order valence-corrected chi connectivity index (χ1v) is 9.32. The molecule has 0 bridgehead atoms. The highest BCUT2D eigenvalue weighted by Crippen LogP contribution is 2.30. The Labute approximate surface area is 173 Å². The summed E-state index contributed by atoms with van der Waals surface area (Å²) in [5, 5.41) is 16.9. The second kappa shape index (κ2) is 12.0. The Bertz CT molecular complexity index is 548. The predicted molar refractivity (Wildman–Crippen MR) is 110 cm³/mol. The number of aliphatic hydroxyl groups excluding tert-OH is 1. The molecule has 0 aromatic carbocycles. The van der Waals surface area contributed by atoms with Crippen molar-refractivity contribution in [3.05, 3.63) is 16.1 Å². The van der Waals surface area contributed by atoms with Gasteiger partial charge in [0.2, 0.25) is 0 Å². The van der Waals surface area contributed by atoms with E-state index in [1.54, 1.807) is 0 Å². The lowest BCUT2D eigenvalue weighted by molar-refractivity contribution is -0.140. The van der Waals surface area contributed by atoms with E-state index in [0.717, 1.165) is 29.6 Å². The molecule has 0 fully saturated rings. The lowest BCUT2D eigenvalue weighted by atomic mass is 9.79. The topological polar surface area (TPSA) is 69.5 Å². The summed E-state index contributed by atoms with van der Waals surface area (Å²) in [6, 6.07) is 0. The van der Waals surface area contributed by atoms with E-state index in [2.05, 4.69) is 34.5 Å². The zero-order chi connectivity index (χ0) is 18.9. The van der Waals surface area contributed by atoms with E-state index in [1.165, 1.54) is 0 Å². The molecular weight excluding hydrogens is 480 g/mol. The molecule has 152 valence electrons. The third kappa shape index (κ3) is 7.95. The van der Waals surface area contributed by atoms with Crippen molar-refractivity contribution in [3.8, 4) is 0 Å². The third-order valence-corrected chi connectivity index (χ3v) is 5.17. The van der Waals surface area contributed by atoms with Crippen LogP contribution in [0, 0.1) is 5.41 Å². The van der Waals surface area contributed by atoms with Crippen LogP contribution in [0.5, 0.6) is 0 Å². The minimum Gasteiger partial charge on any atom is -0.396 e. The molecule has 1 rings (SSSR count). The molecule has 0 unspecified atom stereocenters. The Morgan fingerprint density at radius 1 is 1.23 bits per heavy atom. The van der Waals surface area contributed by atoms with Gasteiger partial charge in [0.25, 0.3) is 0 Å². The van der Waals surface area contributed by atoms with Crippen molar-refractivity contribution in [2.24, 2.45) is 10.4 Å². The molecule has 0 saturated carbocycles. The Morgan fingerprint density at radius 3 is 2.35 bits per heavy atom. The van der Waals surface area contributed by atoms with Crippen molar-refractivity contribution in [2.45, 2.75) is 52.8 Å². The molecule has 0 aliphatic heterocycles. The van der Waals surface area contributed by atoms with Crippen LogP contribution in [0.25, 0.3) is 0 Å². The van der Waals surface area contributed by atoms with Crippen molar-refractivity contribution in [1.29, 1.82) is 0 Å². The fraction of sp³-hybridized carbons (Fsp3) is 0.750. The molecule has 0 spiro atoms. The number of hydrogen-bond acceptors (Lipinski definition) is 4. The van der Waals surface area contributed by atoms with Crippen LogP contribution in [0.3, 0.4) is 0 Å². The number of aromatic nitrogens is 1. The summed E-state index contributed by atoms with van der Waals surface area (Å²) in [7, 11) is 0. The number of aliphatic hydroxyl groups is 1.